The van der Waals surface area contributed by atoms with E-state index < -0.39 is 12.1 Å². The molecule has 0 saturated carbocycles. The van der Waals surface area contributed by atoms with Crippen LogP contribution in [0.2, 0.25) is 0 Å². The number of aromatic amines is 1. The number of phenols is 1. The Hall–Kier alpha value is -2.83. The number of carbonyl (C=O) groups is 2. The molecule has 1 aliphatic heterocycles. The van der Waals surface area contributed by atoms with Gasteiger partial charge in [0.15, 0.2) is 0 Å². The fourth-order valence-electron chi connectivity index (χ4n) is 2.44. The van der Waals surface area contributed by atoms with Crippen molar-refractivity contribution in [3.63, 3.8) is 0 Å². The van der Waals surface area contributed by atoms with Gasteiger partial charge in [-0.05, 0) is 17.7 Å². The quantitative estimate of drug-likeness (QED) is 0.631. The third kappa shape index (κ3) is 3.08. The molecule has 1 aromatic heterocycles. The summed E-state index contributed by atoms with van der Waals surface area (Å²) in [5.41, 5.74) is 1.58. The first kappa shape index (κ1) is 14.1. The molecule has 1 aromatic carbocycles. The Morgan fingerprint density at radius 3 is 2.23 bits per heavy atom. The first-order valence-corrected chi connectivity index (χ1v) is 6.98. The van der Waals surface area contributed by atoms with Crippen molar-refractivity contribution >= 4 is 11.8 Å². The minimum Gasteiger partial charge on any atom is -0.508 e. The number of nitrogens with one attached hydrogen (secondary N) is 3. The van der Waals surface area contributed by atoms with E-state index in [0.29, 0.717) is 12.8 Å². The number of hydrogen-bond acceptors (Lipinski definition) is 4. The number of aromatic nitrogens is 2. The zero-order valence-electron chi connectivity index (χ0n) is 11.7. The highest BCUT2D eigenvalue weighted by Crippen LogP contribution is 2.13. The molecule has 0 radical (unpaired) electrons. The summed E-state index contributed by atoms with van der Waals surface area (Å²) in [5, 5.41) is 14.7. The molecule has 1 fully saturated rings. The molecule has 0 unspecified atom stereocenters. The minimum atomic E-state index is -0.605. The van der Waals surface area contributed by atoms with Gasteiger partial charge < -0.3 is 20.7 Å². The maximum atomic E-state index is 12.1. The van der Waals surface area contributed by atoms with Crippen LogP contribution in [0.25, 0.3) is 0 Å². The zero-order valence-corrected chi connectivity index (χ0v) is 11.7. The predicted octanol–water partition coefficient (Wildman–Crippen LogP) is -0.116. The number of phenolic OH excluding ortho intramolecular Hbond substituents is 1. The van der Waals surface area contributed by atoms with E-state index >= 15 is 0 Å². The predicted molar refractivity (Wildman–Crippen MR) is 78.0 cm³/mol. The maximum absolute atomic E-state index is 12.1. The third-order valence-electron chi connectivity index (χ3n) is 3.61. The molecule has 1 saturated heterocycles. The molecule has 114 valence electrons. The van der Waals surface area contributed by atoms with E-state index in [2.05, 4.69) is 20.6 Å². The van der Waals surface area contributed by atoms with Crippen LogP contribution in [0.3, 0.4) is 0 Å². The molecular formula is C15H16N4O3. The largest absolute Gasteiger partial charge is 0.508 e. The third-order valence-corrected chi connectivity index (χ3v) is 3.61. The van der Waals surface area contributed by atoms with E-state index in [1.807, 2.05) is 0 Å². The number of carbonyl (C=O) groups excluding carboxylic acids is 2. The lowest BCUT2D eigenvalue weighted by atomic mass is 10.0. The number of imidazole rings is 1. The van der Waals surface area contributed by atoms with Crippen molar-refractivity contribution in [3.8, 4) is 5.75 Å². The molecule has 0 spiro atoms. The molecule has 2 amide bonds. The van der Waals surface area contributed by atoms with E-state index in [4.69, 9.17) is 0 Å². The summed E-state index contributed by atoms with van der Waals surface area (Å²) in [5.74, 6) is -0.264. The van der Waals surface area contributed by atoms with Crippen molar-refractivity contribution < 1.29 is 14.7 Å². The van der Waals surface area contributed by atoms with Gasteiger partial charge in [-0.25, -0.2) is 4.98 Å². The molecular weight excluding hydrogens is 284 g/mol. The van der Waals surface area contributed by atoms with Gasteiger partial charge in [0.2, 0.25) is 11.8 Å². The van der Waals surface area contributed by atoms with Gasteiger partial charge in [0.05, 0.1) is 12.0 Å². The van der Waals surface area contributed by atoms with E-state index in [1.165, 1.54) is 6.33 Å². The van der Waals surface area contributed by atoms with E-state index in [1.54, 1.807) is 30.5 Å². The Labute approximate surface area is 126 Å². The molecule has 3 rings (SSSR count). The zero-order chi connectivity index (χ0) is 15.5. The number of nitrogens with zero attached hydrogens (tertiary/aromatic N) is 1. The molecule has 0 bridgehead atoms. The number of rotatable bonds is 4. The molecule has 2 aromatic rings. The van der Waals surface area contributed by atoms with Crippen molar-refractivity contribution in [2.75, 3.05) is 0 Å². The fraction of sp³-hybridized carbons (Fsp3) is 0.267. The number of piperazine rings is 1. The number of aromatic hydroxyl groups is 1. The molecule has 2 atom stereocenters. The van der Waals surface area contributed by atoms with Gasteiger partial charge in [0, 0.05) is 19.0 Å². The Balaban J connectivity index is 1.63. The first-order valence-electron chi connectivity index (χ1n) is 6.98. The van der Waals surface area contributed by atoms with Crippen LogP contribution in [0.4, 0.5) is 0 Å². The monoisotopic (exact) mass is 300 g/mol. The number of benzene rings is 1. The molecule has 1 aliphatic rings. The van der Waals surface area contributed by atoms with Crippen LogP contribution in [-0.4, -0.2) is 39.0 Å². The Bertz CT molecular complexity index is 667. The van der Waals surface area contributed by atoms with Gasteiger partial charge >= 0.3 is 0 Å². The molecule has 22 heavy (non-hydrogen) atoms. The van der Waals surface area contributed by atoms with E-state index in [0.717, 1.165) is 11.3 Å². The SMILES string of the molecule is O=C1N[C@H](Cc2c[nH]cn2)C(=O)N[C@@H]1Cc1ccc(O)cc1. The molecule has 7 nitrogen and oxygen atoms in total. The van der Waals surface area contributed by atoms with E-state index in [9.17, 15) is 14.7 Å². The lowest BCUT2D eigenvalue weighted by Crippen LogP contribution is -2.62. The molecule has 4 N–H and O–H groups in total. The van der Waals surface area contributed by atoms with Crippen molar-refractivity contribution in [2.24, 2.45) is 0 Å². The van der Waals surface area contributed by atoms with E-state index in [-0.39, 0.29) is 17.6 Å². The van der Waals surface area contributed by atoms with Crippen LogP contribution in [-0.2, 0) is 22.4 Å². The molecule has 2 heterocycles. The van der Waals surface area contributed by atoms with Crippen LogP contribution >= 0.6 is 0 Å². The van der Waals surface area contributed by atoms with Crippen molar-refractivity contribution in [1.29, 1.82) is 0 Å². The second kappa shape index (κ2) is 5.88. The van der Waals surface area contributed by atoms with Gasteiger partial charge in [-0.3, -0.25) is 9.59 Å². The van der Waals surface area contributed by atoms with Gasteiger partial charge in [-0.1, -0.05) is 12.1 Å². The summed E-state index contributed by atoms with van der Waals surface area (Å²) < 4.78 is 0. The van der Waals surface area contributed by atoms with Gasteiger partial charge in [-0.2, -0.15) is 0 Å². The highest BCUT2D eigenvalue weighted by atomic mass is 16.3. The number of amides is 2. The van der Waals surface area contributed by atoms with Gasteiger partial charge in [0.25, 0.3) is 0 Å². The van der Waals surface area contributed by atoms with Gasteiger partial charge in [0.1, 0.15) is 17.8 Å². The van der Waals surface area contributed by atoms with Crippen LogP contribution in [0.5, 0.6) is 5.75 Å². The minimum absolute atomic E-state index is 0.167. The van der Waals surface area contributed by atoms with Gasteiger partial charge in [-0.15, -0.1) is 0 Å². The summed E-state index contributed by atoms with van der Waals surface area (Å²) in [6.45, 7) is 0. The van der Waals surface area contributed by atoms with Crippen LogP contribution in [0, 0.1) is 0 Å². The number of hydrogen-bond donors (Lipinski definition) is 4. The standard InChI is InChI=1S/C15H16N4O3/c20-11-3-1-9(2-4-11)5-12-14(21)19-13(15(22)18-12)6-10-7-16-8-17-10/h1-4,7-8,12-13,20H,5-6H2,(H,16,17)(H,18,22)(H,19,21)/t12-,13-/m1/s1. The van der Waals surface area contributed by atoms with Crippen LogP contribution in [0.15, 0.2) is 36.8 Å². The van der Waals surface area contributed by atoms with Crippen LogP contribution in [0.1, 0.15) is 11.3 Å². The summed E-state index contributed by atoms with van der Waals surface area (Å²) >= 11 is 0. The topological polar surface area (TPSA) is 107 Å². The second-order valence-electron chi connectivity index (χ2n) is 5.26. The van der Waals surface area contributed by atoms with Crippen molar-refractivity contribution in [2.45, 2.75) is 24.9 Å². The average Bonchev–Trinajstić information content (AvgIpc) is 2.99. The summed E-state index contributed by atoms with van der Waals surface area (Å²) in [7, 11) is 0. The lowest BCUT2D eigenvalue weighted by Gasteiger charge is -2.29. The maximum Gasteiger partial charge on any atom is 0.243 e. The average molecular weight is 300 g/mol. The molecule has 0 aliphatic carbocycles. The highest BCUT2D eigenvalue weighted by Gasteiger charge is 2.33. The Morgan fingerprint density at radius 1 is 1.00 bits per heavy atom. The summed E-state index contributed by atoms with van der Waals surface area (Å²) in [6, 6.07) is 5.35. The fourth-order valence-corrected chi connectivity index (χ4v) is 2.44. The first-order chi connectivity index (χ1) is 10.6. The lowest BCUT2D eigenvalue weighted by molar-refractivity contribution is -0.136. The van der Waals surface area contributed by atoms with Crippen LogP contribution < -0.4 is 10.6 Å². The van der Waals surface area contributed by atoms with Crippen molar-refractivity contribution in [3.05, 3.63) is 48.0 Å². The second-order valence-corrected chi connectivity index (χ2v) is 5.26. The summed E-state index contributed by atoms with van der Waals surface area (Å²) in [6.07, 6.45) is 3.97. The summed E-state index contributed by atoms with van der Waals surface area (Å²) in [4.78, 5) is 31.1. The molecule has 7 heteroatoms. The van der Waals surface area contributed by atoms with Crippen molar-refractivity contribution in [1.82, 2.24) is 20.6 Å². The Morgan fingerprint density at radius 2 is 1.64 bits per heavy atom. The smallest absolute Gasteiger partial charge is 0.243 e. The normalized spacial score (nSPS) is 21.3. The highest BCUT2D eigenvalue weighted by molar-refractivity contribution is 5.97. The Kier molecular flexibility index (Phi) is 3.78. The number of H-pyrrole nitrogens is 1.